The molecule has 1 heterocycles. The lowest BCUT2D eigenvalue weighted by molar-refractivity contribution is -0.122. The van der Waals surface area contributed by atoms with Crippen LogP contribution in [0.5, 0.6) is 0 Å². The number of carbonyl (C=O) groups is 1. The van der Waals surface area contributed by atoms with Crippen LogP contribution in [-0.4, -0.2) is 55.8 Å². The number of rotatable bonds is 7. The molecule has 1 amide bonds. The van der Waals surface area contributed by atoms with Crippen molar-refractivity contribution in [1.82, 2.24) is 10.2 Å². The first-order chi connectivity index (χ1) is 13.1. The molecule has 0 unspecified atom stereocenters. The van der Waals surface area contributed by atoms with E-state index in [4.69, 9.17) is 11.6 Å². The summed E-state index contributed by atoms with van der Waals surface area (Å²) in [6, 6.07) is 16.3. The van der Waals surface area contributed by atoms with Crippen LogP contribution in [0.25, 0.3) is 0 Å². The SMILES string of the molecule is Cc1ccc(Cl)cc1N1CCN(CC(=O)NCCSc2ccccc2)CC1. The summed E-state index contributed by atoms with van der Waals surface area (Å²) < 4.78 is 0. The van der Waals surface area contributed by atoms with Crippen molar-refractivity contribution in [1.29, 1.82) is 0 Å². The molecule has 2 aromatic carbocycles. The highest BCUT2D eigenvalue weighted by molar-refractivity contribution is 7.99. The second-order valence-corrected chi connectivity index (χ2v) is 8.31. The van der Waals surface area contributed by atoms with Gasteiger partial charge in [-0.15, -0.1) is 11.8 Å². The average Bonchev–Trinajstić information content (AvgIpc) is 2.69. The molecule has 1 aliphatic rings. The number of nitrogens with zero attached hydrogens (tertiary/aromatic N) is 2. The molecule has 6 heteroatoms. The highest BCUT2D eigenvalue weighted by atomic mass is 35.5. The van der Waals surface area contributed by atoms with Gasteiger partial charge in [0.2, 0.25) is 5.91 Å². The lowest BCUT2D eigenvalue weighted by Crippen LogP contribution is -2.49. The van der Waals surface area contributed by atoms with Gasteiger partial charge < -0.3 is 10.2 Å². The monoisotopic (exact) mass is 403 g/mol. The minimum absolute atomic E-state index is 0.107. The average molecular weight is 404 g/mol. The molecule has 2 aromatic rings. The number of amides is 1. The normalized spacial score (nSPS) is 15.0. The number of halogens is 1. The Balaban J connectivity index is 1.36. The van der Waals surface area contributed by atoms with Gasteiger partial charge >= 0.3 is 0 Å². The van der Waals surface area contributed by atoms with Gasteiger partial charge in [-0.1, -0.05) is 35.9 Å². The van der Waals surface area contributed by atoms with Crippen molar-refractivity contribution in [2.45, 2.75) is 11.8 Å². The Hall–Kier alpha value is -1.69. The van der Waals surface area contributed by atoms with Crippen molar-refractivity contribution in [3.05, 3.63) is 59.1 Å². The van der Waals surface area contributed by atoms with E-state index in [0.29, 0.717) is 13.1 Å². The van der Waals surface area contributed by atoms with Gasteiger partial charge in [-0.25, -0.2) is 0 Å². The largest absolute Gasteiger partial charge is 0.369 e. The third-order valence-corrected chi connectivity index (χ3v) is 5.94. The first-order valence-electron chi connectivity index (χ1n) is 9.30. The summed E-state index contributed by atoms with van der Waals surface area (Å²) in [4.78, 5) is 18.0. The topological polar surface area (TPSA) is 35.6 Å². The van der Waals surface area contributed by atoms with Gasteiger partial charge in [-0.2, -0.15) is 0 Å². The van der Waals surface area contributed by atoms with Gasteiger partial charge in [0, 0.05) is 54.1 Å². The predicted molar refractivity (Wildman–Crippen MR) is 115 cm³/mol. The van der Waals surface area contributed by atoms with E-state index < -0.39 is 0 Å². The minimum atomic E-state index is 0.107. The molecule has 0 saturated carbocycles. The van der Waals surface area contributed by atoms with E-state index in [1.165, 1.54) is 16.1 Å². The maximum atomic E-state index is 12.2. The number of anilines is 1. The number of aryl methyl sites for hydroxylation is 1. The van der Waals surface area contributed by atoms with Gasteiger partial charge in [0.25, 0.3) is 0 Å². The third kappa shape index (κ3) is 6.16. The van der Waals surface area contributed by atoms with Crippen molar-refractivity contribution in [3.8, 4) is 0 Å². The molecule has 27 heavy (non-hydrogen) atoms. The maximum Gasteiger partial charge on any atom is 0.234 e. The first kappa shape index (κ1) is 20.1. The Labute approximate surface area is 170 Å². The highest BCUT2D eigenvalue weighted by Crippen LogP contribution is 2.25. The van der Waals surface area contributed by atoms with E-state index in [2.05, 4.69) is 40.2 Å². The summed E-state index contributed by atoms with van der Waals surface area (Å²) in [6.07, 6.45) is 0. The summed E-state index contributed by atoms with van der Waals surface area (Å²) in [5, 5.41) is 3.80. The van der Waals surface area contributed by atoms with Crippen LogP contribution in [-0.2, 0) is 4.79 Å². The van der Waals surface area contributed by atoms with Crippen LogP contribution in [0.1, 0.15) is 5.56 Å². The van der Waals surface area contributed by atoms with E-state index in [1.54, 1.807) is 11.8 Å². The standard InChI is InChI=1S/C21H26ClN3OS/c1-17-7-8-18(22)15-20(17)25-12-10-24(11-13-25)16-21(26)23-9-14-27-19-5-3-2-4-6-19/h2-8,15H,9-14,16H2,1H3,(H,23,26). The lowest BCUT2D eigenvalue weighted by Gasteiger charge is -2.36. The number of hydrogen-bond acceptors (Lipinski definition) is 4. The third-order valence-electron chi connectivity index (χ3n) is 4.69. The van der Waals surface area contributed by atoms with Crippen LogP contribution >= 0.6 is 23.4 Å². The number of piperazine rings is 1. The van der Waals surface area contributed by atoms with E-state index in [0.717, 1.165) is 37.0 Å². The molecule has 0 atom stereocenters. The lowest BCUT2D eigenvalue weighted by atomic mass is 10.1. The highest BCUT2D eigenvalue weighted by Gasteiger charge is 2.20. The molecule has 144 valence electrons. The van der Waals surface area contributed by atoms with E-state index in [1.807, 2.05) is 30.3 Å². The Bertz CT molecular complexity index is 748. The Morgan fingerprint density at radius 3 is 2.59 bits per heavy atom. The summed E-state index contributed by atoms with van der Waals surface area (Å²) in [7, 11) is 0. The van der Waals surface area contributed by atoms with Crippen LogP contribution in [0, 0.1) is 6.92 Å². The van der Waals surface area contributed by atoms with Crippen LogP contribution in [0.2, 0.25) is 5.02 Å². The number of nitrogens with one attached hydrogen (secondary N) is 1. The van der Waals surface area contributed by atoms with E-state index in [9.17, 15) is 4.79 Å². The fraction of sp³-hybridized carbons (Fsp3) is 0.381. The van der Waals surface area contributed by atoms with Gasteiger partial charge in [0.15, 0.2) is 0 Å². The zero-order valence-corrected chi connectivity index (χ0v) is 17.2. The Morgan fingerprint density at radius 2 is 1.85 bits per heavy atom. The van der Waals surface area contributed by atoms with Crippen LogP contribution in [0.15, 0.2) is 53.4 Å². The van der Waals surface area contributed by atoms with Crippen molar-refractivity contribution in [2.24, 2.45) is 0 Å². The van der Waals surface area contributed by atoms with Crippen molar-refractivity contribution in [2.75, 3.05) is 49.9 Å². The molecule has 1 saturated heterocycles. The quantitative estimate of drug-likeness (QED) is 0.565. The van der Waals surface area contributed by atoms with E-state index in [-0.39, 0.29) is 5.91 Å². The van der Waals surface area contributed by atoms with Gasteiger partial charge in [-0.3, -0.25) is 9.69 Å². The molecule has 0 bridgehead atoms. The zero-order chi connectivity index (χ0) is 19.1. The second kappa shape index (κ2) is 10.0. The van der Waals surface area contributed by atoms with Gasteiger partial charge in [0.1, 0.15) is 0 Å². The fourth-order valence-corrected chi connectivity index (χ4v) is 4.16. The molecule has 4 nitrogen and oxygen atoms in total. The number of carbonyl (C=O) groups excluding carboxylic acids is 1. The summed E-state index contributed by atoms with van der Waals surface area (Å²) >= 11 is 7.90. The summed E-state index contributed by atoms with van der Waals surface area (Å²) in [5.74, 6) is 0.994. The molecule has 1 fully saturated rings. The molecule has 1 aliphatic heterocycles. The molecule has 0 radical (unpaired) electrons. The maximum absolute atomic E-state index is 12.2. The molecular formula is C21H26ClN3OS. The predicted octanol–water partition coefficient (Wildman–Crippen LogP) is 3.68. The summed E-state index contributed by atoms with van der Waals surface area (Å²) in [5.41, 5.74) is 2.44. The van der Waals surface area contributed by atoms with E-state index >= 15 is 0 Å². The Morgan fingerprint density at radius 1 is 1.11 bits per heavy atom. The van der Waals surface area contributed by atoms with Gasteiger partial charge in [0.05, 0.1) is 6.54 Å². The van der Waals surface area contributed by atoms with Gasteiger partial charge in [-0.05, 0) is 36.8 Å². The van der Waals surface area contributed by atoms with Crippen molar-refractivity contribution < 1.29 is 4.79 Å². The molecule has 0 aromatic heterocycles. The van der Waals surface area contributed by atoms with Crippen LogP contribution in [0.4, 0.5) is 5.69 Å². The molecule has 3 rings (SSSR count). The zero-order valence-electron chi connectivity index (χ0n) is 15.7. The smallest absolute Gasteiger partial charge is 0.234 e. The molecule has 0 spiro atoms. The fourth-order valence-electron chi connectivity index (χ4n) is 3.21. The first-order valence-corrected chi connectivity index (χ1v) is 10.7. The molecule has 1 N–H and O–H groups in total. The number of benzene rings is 2. The Kier molecular flexibility index (Phi) is 7.44. The van der Waals surface area contributed by atoms with Crippen molar-refractivity contribution >= 4 is 35.0 Å². The molecular weight excluding hydrogens is 378 g/mol. The number of hydrogen-bond donors (Lipinski definition) is 1. The number of thioether (sulfide) groups is 1. The summed E-state index contributed by atoms with van der Waals surface area (Å²) in [6.45, 7) is 6.88. The van der Waals surface area contributed by atoms with Crippen LogP contribution in [0.3, 0.4) is 0 Å². The van der Waals surface area contributed by atoms with Crippen LogP contribution < -0.4 is 10.2 Å². The van der Waals surface area contributed by atoms with Crippen molar-refractivity contribution in [3.63, 3.8) is 0 Å². The second-order valence-electron chi connectivity index (χ2n) is 6.71. The molecule has 0 aliphatic carbocycles. The minimum Gasteiger partial charge on any atom is -0.369 e.